The molecule has 0 spiro atoms. The predicted octanol–water partition coefficient (Wildman–Crippen LogP) is 4.03. The molecule has 142 valence electrons. The van der Waals surface area contributed by atoms with Gasteiger partial charge in [0.25, 0.3) is 5.91 Å². The van der Waals surface area contributed by atoms with Crippen LogP contribution in [0.3, 0.4) is 0 Å². The van der Waals surface area contributed by atoms with Crippen molar-refractivity contribution in [2.24, 2.45) is 0 Å². The monoisotopic (exact) mass is 367 g/mol. The van der Waals surface area contributed by atoms with Gasteiger partial charge in [0.15, 0.2) is 12.4 Å². The van der Waals surface area contributed by atoms with E-state index in [0.717, 1.165) is 30.7 Å². The summed E-state index contributed by atoms with van der Waals surface area (Å²) in [7, 11) is 1.64. The van der Waals surface area contributed by atoms with Gasteiger partial charge in [-0.1, -0.05) is 19.1 Å². The number of ketones is 1. The van der Waals surface area contributed by atoms with Crippen LogP contribution in [0, 0.1) is 0 Å². The van der Waals surface area contributed by atoms with E-state index in [-0.39, 0.29) is 24.3 Å². The van der Waals surface area contributed by atoms with E-state index in [0.29, 0.717) is 17.7 Å². The van der Waals surface area contributed by atoms with Gasteiger partial charge in [0.05, 0.1) is 13.2 Å². The van der Waals surface area contributed by atoms with Gasteiger partial charge in [0, 0.05) is 18.5 Å². The van der Waals surface area contributed by atoms with Crippen molar-refractivity contribution in [3.8, 4) is 11.5 Å². The van der Waals surface area contributed by atoms with E-state index in [9.17, 15) is 9.59 Å². The predicted molar refractivity (Wildman–Crippen MR) is 103 cm³/mol. The Labute approximate surface area is 159 Å². The van der Waals surface area contributed by atoms with E-state index >= 15 is 0 Å². The van der Waals surface area contributed by atoms with Crippen molar-refractivity contribution >= 4 is 11.7 Å². The highest BCUT2D eigenvalue weighted by Gasteiger charge is 2.30. The zero-order valence-electron chi connectivity index (χ0n) is 15.8. The Balaban J connectivity index is 1.60. The number of methoxy groups -OCH3 is 1. The molecule has 0 saturated carbocycles. The topological polar surface area (TPSA) is 55.8 Å². The molecule has 0 aromatic heterocycles. The lowest BCUT2D eigenvalue weighted by Crippen LogP contribution is -2.34. The summed E-state index contributed by atoms with van der Waals surface area (Å²) in [5.41, 5.74) is 1.78. The molecule has 0 bridgehead atoms. The lowest BCUT2D eigenvalue weighted by atomic mass is 10.0. The Morgan fingerprint density at radius 1 is 1.04 bits per heavy atom. The van der Waals surface area contributed by atoms with Gasteiger partial charge in [0.2, 0.25) is 0 Å². The number of carbonyl (C=O) groups excluding carboxylic acids is 2. The van der Waals surface area contributed by atoms with Crippen LogP contribution in [0.2, 0.25) is 0 Å². The maximum absolute atomic E-state index is 12.7. The summed E-state index contributed by atoms with van der Waals surface area (Å²) in [6, 6.07) is 14.9. The number of Topliss-reactive ketones (excluding diaryl/α,β-unsaturated/α-hetero) is 1. The molecule has 1 aliphatic heterocycles. The van der Waals surface area contributed by atoms with Crippen LogP contribution in [-0.4, -0.2) is 36.9 Å². The molecule has 1 saturated heterocycles. The maximum Gasteiger partial charge on any atom is 0.261 e. The van der Waals surface area contributed by atoms with Crippen LogP contribution in [0.25, 0.3) is 0 Å². The highest BCUT2D eigenvalue weighted by atomic mass is 16.5. The molecular formula is C22H25NO4. The molecule has 27 heavy (non-hydrogen) atoms. The average molecular weight is 367 g/mol. The fourth-order valence-corrected chi connectivity index (χ4v) is 3.41. The van der Waals surface area contributed by atoms with E-state index in [1.807, 2.05) is 36.1 Å². The first kappa shape index (κ1) is 19.0. The Morgan fingerprint density at radius 2 is 1.70 bits per heavy atom. The van der Waals surface area contributed by atoms with E-state index < -0.39 is 0 Å². The third kappa shape index (κ3) is 4.48. The number of hydrogen-bond donors (Lipinski definition) is 0. The van der Waals surface area contributed by atoms with Crippen LogP contribution < -0.4 is 9.47 Å². The third-order valence-electron chi connectivity index (χ3n) is 4.93. The van der Waals surface area contributed by atoms with Gasteiger partial charge in [-0.15, -0.1) is 0 Å². The van der Waals surface area contributed by atoms with Gasteiger partial charge in [-0.2, -0.15) is 0 Å². The van der Waals surface area contributed by atoms with Crippen molar-refractivity contribution in [1.82, 2.24) is 4.90 Å². The number of hydrogen-bond acceptors (Lipinski definition) is 4. The summed E-state index contributed by atoms with van der Waals surface area (Å²) in [6.07, 6.45) is 2.41. The number of ether oxygens (including phenoxy) is 2. The third-order valence-corrected chi connectivity index (χ3v) is 4.93. The minimum atomic E-state index is -0.0259. The SMILES string of the molecule is CCC(=O)c1ccc(OCC(=O)N2CCC[C@H]2c2ccc(OC)cc2)cc1. The van der Waals surface area contributed by atoms with Crippen LogP contribution in [0.1, 0.15) is 48.1 Å². The second-order valence-electron chi connectivity index (χ2n) is 6.61. The lowest BCUT2D eigenvalue weighted by Gasteiger charge is -2.25. The summed E-state index contributed by atoms with van der Waals surface area (Å²) < 4.78 is 10.8. The first-order valence-electron chi connectivity index (χ1n) is 9.32. The number of nitrogens with zero attached hydrogens (tertiary/aromatic N) is 1. The van der Waals surface area contributed by atoms with Crippen LogP contribution in [0.15, 0.2) is 48.5 Å². The normalized spacial score (nSPS) is 16.2. The van der Waals surface area contributed by atoms with E-state index in [2.05, 4.69) is 0 Å². The molecule has 1 atom stereocenters. The van der Waals surface area contributed by atoms with Crippen LogP contribution >= 0.6 is 0 Å². The highest BCUT2D eigenvalue weighted by Crippen LogP contribution is 2.32. The number of likely N-dealkylation sites (tertiary alicyclic amines) is 1. The molecule has 3 rings (SSSR count). The van der Waals surface area contributed by atoms with Crippen molar-refractivity contribution in [1.29, 1.82) is 0 Å². The fraction of sp³-hybridized carbons (Fsp3) is 0.364. The molecule has 5 nitrogen and oxygen atoms in total. The number of carbonyl (C=O) groups is 2. The smallest absolute Gasteiger partial charge is 0.261 e. The van der Waals surface area contributed by atoms with Crippen molar-refractivity contribution in [2.75, 3.05) is 20.3 Å². The minimum Gasteiger partial charge on any atom is -0.497 e. The van der Waals surface area contributed by atoms with Crippen molar-refractivity contribution in [3.05, 3.63) is 59.7 Å². The molecule has 0 radical (unpaired) electrons. The van der Waals surface area contributed by atoms with Gasteiger partial charge in [-0.05, 0) is 54.8 Å². The van der Waals surface area contributed by atoms with Gasteiger partial charge in [-0.3, -0.25) is 9.59 Å². The molecule has 2 aromatic rings. The molecule has 1 aliphatic rings. The first-order chi connectivity index (χ1) is 13.1. The first-order valence-corrected chi connectivity index (χ1v) is 9.32. The Hall–Kier alpha value is -2.82. The summed E-state index contributed by atoms with van der Waals surface area (Å²) >= 11 is 0. The summed E-state index contributed by atoms with van der Waals surface area (Å²) in [6.45, 7) is 2.57. The number of amides is 1. The van der Waals surface area contributed by atoms with Gasteiger partial charge >= 0.3 is 0 Å². The zero-order chi connectivity index (χ0) is 19.2. The second kappa shape index (κ2) is 8.71. The lowest BCUT2D eigenvalue weighted by molar-refractivity contribution is -0.134. The Kier molecular flexibility index (Phi) is 6.12. The van der Waals surface area contributed by atoms with Crippen molar-refractivity contribution in [3.63, 3.8) is 0 Å². The second-order valence-corrected chi connectivity index (χ2v) is 6.61. The molecule has 1 heterocycles. The molecule has 1 amide bonds. The largest absolute Gasteiger partial charge is 0.497 e. The Bertz CT molecular complexity index is 783. The summed E-state index contributed by atoms with van der Waals surface area (Å²) in [5.74, 6) is 1.47. The average Bonchev–Trinajstić information content (AvgIpc) is 3.22. The number of rotatable bonds is 7. The molecule has 0 unspecified atom stereocenters. The molecule has 0 aliphatic carbocycles. The van der Waals surface area contributed by atoms with Gasteiger partial charge < -0.3 is 14.4 Å². The number of benzene rings is 2. The van der Waals surface area contributed by atoms with Crippen molar-refractivity contribution < 1.29 is 19.1 Å². The molecule has 2 aromatic carbocycles. The van der Waals surface area contributed by atoms with E-state index in [4.69, 9.17) is 9.47 Å². The van der Waals surface area contributed by atoms with Gasteiger partial charge in [-0.25, -0.2) is 0 Å². The molecule has 0 N–H and O–H groups in total. The Morgan fingerprint density at radius 3 is 2.33 bits per heavy atom. The van der Waals surface area contributed by atoms with E-state index in [1.165, 1.54) is 0 Å². The summed E-state index contributed by atoms with van der Waals surface area (Å²) in [5, 5.41) is 0. The molecule has 1 fully saturated rings. The van der Waals surface area contributed by atoms with Crippen LogP contribution in [0.4, 0.5) is 0 Å². The fourth-order valence-electron chi connectivity index (χ4n) is 3.41. The molecule has 5 heteroatoms. The quantitative estimate of drug-likeness (QED) is 0.693. The van der Waals surface area contributed by atoms with Crippen LogP contribution in [-0.2, 0) is 4.79 Å². The van der Waals surface area contributed by atoms with E-state index in [1.54, 1.807) is 31.4 Å². The minimum absolute atomic E-state index is 0.00622. The highest BCUT2D eigenvalue weighted by molar-refractivity contribution is 5.95. The van der Waals surface area contributed by atoms with Crippen LogP contribution in [0.5, 0.6) is 11.5 Å². The van der Waals surface area contributed by atoms with Crippen molar-refractivity contribution in [2.45, 2.75) is 32.2 Å². The maximum atomic E-state index is 12.7. The standard InChI is InChI=1S/C22H25NO4/c1-3-21(24)17-8-12-19(13-9-17)27-15-22(25)23-14-4-5-20(23)16-6-10-18(26-2)11-7-16/h6-13,20H,3-5,14-15H2,1-2H3/t20-/m0/s1. The van der Waals surface area contributed by atoms with Gasteiger partial charge in [0.1, 0.15) is 11.5 Å². The zero-order valence-corrected chi connectivity index (χ0v) is 15.8. The summed E-state index contributed by atoms with van der Waals surface area (Å²) in [4.78, 5) is 26.2. The molecular weight excluding hydrogens is 342 g/mol.